The monoisotopic (exact) mass is 264 g/mol. The number of carboxylic acid groups (broad SMARTS) is 1. The van der Waals surface area contributed by atoms with Crippen molar-refractivity contribution in [2.24, 2.45) is 5.92 Å². The molecule has 3 rings (SSSR count). The summed E-state index contributed by atoms with van der Waals surface area (Å²) in [6.07, 6.45) is 3.23. The first-order valence-electron chi connectivity index (χ1n) is 5.84. The van der Waals surface area contributed by atoms with Gasteiger partial charge in [0.05, 0.1) is 6.33 Å². The van der Waals surface area contributed by atoms with Crippen molar-refractivity contribution < 1.29 is 19.2 Å². The van der Waals surface area contributed by atoms with Gasteiger partial charge in [-0.05, 0) is 18.8 Å². The molecular weight excluding hydrogens is 252 g/mol. The molecule has 0 aliphatic heterocycles. The number of methoxy groups -OCH3 is 1. The molecule has 2 N–H and O–H groups in total. The Morgan fingerprint density at radius 1 is 1.63 bits per heavy atom. The van der Waals surface area contributed by atoms with Gasteiger partial charge in [0.2, 0.25) is 5.82 Å². The summed E-state index contributed by atoms with van der Waals surface area (Å²) in [5.41, 5.74) is 0.0625. The lowest BCUT2D eigenvalue weighted by Gasteiger charge is -2.07. The van der Waals surface area contributed by atoms with E-state index in [4.69, 9.17) is 14.4 Å². The van der Waals surface area contributed by atoms with Crippen LogP contribution in [0.2, 0.25) is 0 Å². The number of hydrogen-bond donors (Lipinski definition) is 2. The zero-order chi connectivity index (χ0) is 13.4. The molecule has 1 aliphatic carbocycles. The lowest BCUT2D eigenvalue weighted by molar-refractivity contribution is 0.0691. The third-order valence-corrected chi connectivity index (χ3v) is 3.06. The van der Waals surface area contributed by atoms with Crippen molar-refractivity contribution in [3.63, 3.8) is 0 Å². The van der Waals surface area contributed by atoms with Crippen LogP contribution < -0.4 is 0 Å². The molecule has 1 fully saturated rings. The molecule has 19 heavy (non-hydrogen) atoms. The number of nitrogens with one attached hydrogen (secondary N) is 1. The van der Waals surface area contributed by atoms with Gasteiger partial charge in [-0.3, -0.25) is 0 Å². The molecule has 8 nitrogen and oxygen atoms in total. The second-order valence-electron chi connectivity index (χ2n) is 4.38. The highest BCUT2D eigenvalue weighted by Gasteiger charge is 2.36. The standard InChI is InChI=1S/C11H12N4O4/c1-18-8(5-2-3-5)9-14-10(19-15-9)6-7(11(16)17)13-4-12-6/h4-5,8H,2-3H2,1H3,(H,12,13)(H,16,17). The Morgan fingerprint density at radius 2 is 2.42 bits per heavy atom. The van der Waals surface area contributed by atoms with Crippen molar-refractivity contribution in [2.75, 3.05) is 7.11 Å². The van der Waals surface area contributed by atoms with Crippen LogP contribution in [-0.2, 0) is 4.74 Å². The zero-order valence-corrected chi connectivity index (χ0v) is 10.2. The van der Waals surface area contributed by atoms with E-state index >= 15 is 0 Å². The van der Waals surface area contributed by atoms with Crippen molar-refractivity contribution in [3.05, 3.63) is 17.8 Å². The largest absolute Gasteiger partial charge is 0.476 e. The first-order chi connectivity index (χ1) is 9.20. The summed E-state index contributed by atoms with van der Waals surface area (Å²) in [6, 6.07) is 0. The number of ether oxygens (including phenoxy) is 1. The van der Waals surface area contributed by atoms with E-state index in [2.05, 4.69) is 20.1 Å². The maximum absolute atomic E-state index is 11.0. The second kappa shape index (κ2) is 4.47. The Morgan fingerprint density at radius 3 is 3.05 bits per heavy atom. The minimum absolute atomic E-state index is 0.104. The number of aromatic carboxylic acids is 1. The average molecular weight is 264 g/mol. The summed E-state index contributed by atoms with van der Waals surface area (Å²) in [5, 5.41) is 12.8. The summed E-state index contributed by atoms with van der Waals surface area (Å²) >= 11 is 0. The van der Waals surface area contributed by atoms with E-state index in [0.29, 0.717) is 11.7 Å². The summed E-state index contributed by atoms with van der Waals surface area (Å²) in [6.45, 7) is 0. The first-order valence-corrected chi connectivity index (χ1v) is 5.84. The third kappa shape index (κ3) is 2.10. The lowest BCUT2D eigenvalue weighted by Crippen LogP contribution is -2.05. The topological polar surface area (TPSA) is 114 Å². The molecule has 2 aromatic heterocycles. The van der Waals surface area contributed by atoms with Crippen LogP contribution >= 0.6 is 0 Å². The highest BCUT2D eigenvalue weighted by atomic mass is 16.5. The Balaban J connectivity index is 1.92. The number of carbonyl (C=O) groups is 1. The van der Waals surface area contributed by atoms with Gasteiger partial charge in [0.1, 0.15) is 11.8 Å². The summed E-state index contributed by atoms with van der Waals surface area (Å²) < 4.78 is 10.4. The Kier molecular flexibility index (Phi) is 2.79. The predicted molar refractivity (Wildman–Crippen MR) is 61.3 cm³/mol. The number of rotatable bonds is 5. The molecule has 1 atom stereocenters. The van der Waals surface area contributed by atoms with Crippen molar-refractivity contribution >= 4 is 5.97 Å². The van der Waals surface area contributed by atoms with Gasteiger partial charge in [-0.25, -0.2) is 9.78 Å². The molecule has 0 radical (unpaired) electrons. The Hall–Kier alpha value is -2.22. The van der Waals surface area contributed by atoms with Crippen LogP contribution in [0.15, 0.2) is 10.9 Å². The van der Waals surface area contributed by atoms with Crippen LogP contribution in [0.25, 0.3) is 11.6 Å². The number of aromatic amines is 1. The van der Waals surface area contributed by atoms with Gasteiger partial charge in [0, 0.05) is 7.11 Å². The molecule has 0 amide bonds. The molecule has 2 heterocycles. The second-order valence-corrected chi connectivity index (χ2v) is 4.38. The molecule has 100 valence electrons. The number of carboxylic acids is 1. The molecule has 0 bridgehead atoms. The smallest absolute Gasteiger partial charge is 0.356 e. The number of imidazole rings is 1. The fraction of sp³-hybridized carbons (Fsp3) is 0.455. The van der Waals surface area contributed by atoms with Crippen LogP contribution in [0.4, 0.5) is 0 Å². The maximum atomic E-state index is 11.0. The molecule has 1 saturated carbocycles. The average Bonchev–Trinajstić information content (AvgIpc) is 2.93. The minimum atomic E-state index is -1.15. The van der Waals surface area contributed by atoms with E-state index in [1.54, 1.807) is 7.11 Å². The quantitative estimate of drug-likeness (QED) is 0.835. The number of hydrogen-bond acceptors (Lipinski definition) is 6. The van der Waals surface area contributed by atoms with E-state index < -0.39 is 5.97 Å². The zero-order valence-electron chi connectivity index (χ0n) is 10.2. The molecular formula is C11H12N4O4. The highest BCUT2D eigenvalue weighted by molar-refractivity contribution is 5.91. The first kappa shape index (κ1) is 11.8. The fourth-order valence-electron chi connectivity index (χ4n) is 1.98. The molecule has 2 aromatic rings. The minimum Gasteiger partial charge on any atom is -0.476 e. The molecule has 8 heteroatoms. The molecule has 0 aromatic carbocycles. The summed E-state index contributed by atoms with van der Waals surface area (Å²) in [5.74, 6) is -0.198. The van der Waals surface area contributed by atoms with Gasteiger partial charge >= 0.3 is 5.97 Å². The van der Waals surface area contributed by atoms with E-state index in [0.717, 1.165) is 12.8 Å². The summed E-state index contributed by atoms with van der Waals surface area (Å²) in [4.78, 5) is 21.6. The number of H-pyrrole nitrogens is 1. The van der Waals surface area contributed by atoms with Gasteiger partial charge in [0.25, 0.3) is 5.89 Å². The molecule has 1 aliphatic rings. The summed E-state index contributed by atoms with van der Waals surface area (Å²) in [7, 11) is 1.60. The van der Waals surface area contributed by atoms with E-state index in [-0.39, 0.29) is 23.4 Å². The van der Waals surface area contributed by atoms with Gasteiger partial charge < -0.3 is 19.4 Å². The maximum Gasteiger partial charge on any atom is 0.356 e. The van der Waals surface area contributed by atoms with Crippen LogP contribution in [0.3, 0.4) is 0 Å². The van der Waals surface area contributed by atoms with Crippen molar-refractivity contribution in [2.45, 2.75) is 18.9 Å². The van der Waals surface area contributed by atoms with Crippen LogP contribution in [0, 0.1) is 5.92 Å². The van der Waals surface area contributed by atoms with Crippen molar-refractivity contribution in [3.8, 4) is 11.6 Å². The molecule has 0 spiro atoms. The third-order valence-electron chi connectivity index (χ3n) is 3.06. The highest BCUT2D eigenvalue weighted by Crippen LogP contribution is 2.42. The Bertz CT molecular complexity index is 601. The SMILES string of the molecule is COC(c1noc(-c2[nH]cnc2C(=O)O)n1)C1CC1. The lowest BCUT2D eigenvalue weighted by atomic mass is 10.2. The Labute approximate surface area is 107 Å². The number of nitrogens with zero attached hydrogens (tertiary/aromatic N) is 3. The van der Waals surface area contributed by atoms with E-state index in [1.807, 2.05) is 0 Å². The van der Waals surface area contributed by atoms with Gasteiger partial charge in [0.15, 0.2) is 5.69 Å². The van der Waals surface area contributed by atoms with Gasteiger partial charge in [-0.1, -0.05) is 5.16 Å². The van der Waals surface area contributed by atoms with E-state index in [1.165, 1.54) is 6.33 Å². The van der Waals surface area contributed by atoms with Crippen LogP contribution in [-0.4, -0.2) is 38.3 Å². The van der Waals surface area contributed by atoms with Gasteiger partial charge in [-0.15, -0.1) is 0 Å². The van der Waals surface area contributed by atoms with Crippen molar-refractivity contribution in [1.29, 1.82) is 0 Å². The molecule has 0 saturated heterocycles. The van der Waals surface area contributed by atoms with Crippen LogP contribution in [0.1, 0.15) is 35.3 Å². The normalized spacial score (nSPS) is 16.5. The van der Waals surface area contributed by atoms with Gasteiger partial charge in [-0.2, -0.15) is 4.98 Å². The molecule has 1 unspecified atom stereocenters. The number of aromatic nitrogens is 4. The van der Waals surface area contributed by atoms with Crippen LogP contribution in [0.5, 0.6) is 0 Å². The van der Waals surface area contributed by atoms with Crippen molar-refractivity contribution in [1.82, 2.24) is 20.1 Å². The van der Waals surface area contributed by atoms with E-state index in [9.17, 15) is 4.79 Å². The fourth-order valence-corrected chi connectivity index (χ4v) is 1.98. The predicted octanol–water partition coefficient (Wildman–Crippen LogP) is 1.26.